The lowest BCUT2D eigenvalue weighted by Gasteiger charge is -2.14. The largest absolute Gasteiger partial charge is 0.493 e. The van der Waals surface area contributed by atoms with Crippen LogP contribution in [0.1, 0.15) is 10.4 Å². The predicted molar refractivity (Wildman–Crippen MR) is 88.1 cm³/mol. The minimum atomic E-state index is -0.283. The van der Waals surface area contributed by atoms with Gasteiger partial charge in [-0.25, -0.2) is 4.98 Å². The first-order valence-electron chi connectivity index (χ1n) is 7.11. The monoisotopic (exact) mass is 328 g/mol. The average Bonchev–Trinajstić information content (AvgIpc) is 3.08. The molecular formula is C17H16N2O5. The molecule has 0 fully saturated rings. The number of nitrogens with zero attached hydrogens (tertiary/aromatic N) is 1. The van der Waals surface area contributed by atoms with E-state index < -0.39 is 0 Å². The Morgan fingerprint density at radius 2 is 1.75 bits per heavy atom. The number of rotatable bonds is 5. The summed E-state index contributed by atoms with van der Waals surface area (Å²) in [6, 6.07) is 8.35. The van der Waals surface area contributed by atoms with Gasteiger partial charge in [0.25, 0.3) is 5.91 Å². The number of oxazole rings is 1. The molecule has 7 nitrogen and oxygen atoms in total. The molecule has 2 aromatic carbocycles. The molecule has 0 spiro atoms. The SMILES string of the molecule is COc1cc(NC(=O)c2ccc3ocnc3c2)cc(OC)c1OC. The van der Waals surface area contributed by atoms with Crippen molar-refractivity contribution >= 4 is 22.7 Å². The highest BCUT2D eigenvalue weighted by Crippen LogP contribution is 2.40. The van der Waals surface area contributed by atoms with E-state index in [2.05, 4.69) is 10.3 Å². The third-order valence-corrected chi connectivity index (χ3v) is 3.52. The van der Waals surface area contributed by atoms with Gasteiger partial charge >= 0.3 is 0 Å². The van der Waals surface area contributed by atoms with Crippen LogP contribution in [0.3, 0.4) is 0 Å². The Balaban J connectivity index is 1.90. The molecule has 24 heavy (non-hydrogen) atoms. The van der Waals surface area contributed by atoms with Crippen LogP contribution in [0.2, 0.25) is 0 Å². The fourth-order valence-corrected chi connectivity index (χ4v) is 2.36. The Morgan fingerprint density at radius 3 is 2.38 bits per heavy atom. The Hall–Kier alpha value is -3.22. The topological polar surface area (TPSA) is 82.8 Å². The zero-order valence-electron chi connectivity index (χ0n) is 13.5. The summed E-state index contributed by atoms with van der Waals surface area (Å²) in [5.74, 6) is 1.09. The molecule has 0 aliphatic heterocycles. The molecule has 1 aromatic heterocycles. The maximum absolute atomic E-state index is 12.5. The summed E-state index contributed by atoms with van der Waals surface area (Å²) in [7, 11) is 4.55. The van der Waals surface area contributed by atoms with Crippen molar-refractivity contribution in [1.29, 1.82) is 0 Å². The molecule has 0 radical (unpaired) electrons. The van der Waals surface area contributed by atoms with Gasteiger partial charge in [0.05, 0.1) is 21.3 Å². The number of methoxy groups -OCH3 is 3. The zero-order valence-corrected chi connectivity index (χ0v) is 13.5. The Kier molecular flexibility index (Phi) is 4.24. The van der Waals surface area contributed by atoms with Crippen molar-refractivity contribution in [2.75, 3.05) is 26.6 Å². The summed E-state index contributed by atoms with van der Waals surface area (Å²) in [6.45, 7) is 0. The molecule has 0 saturated carbocycles. The van der Waals surface area contributed by atoms with Crippen LogP contribution < -0.4 is 19.5 Å². The number of anilines is 1. The molecule has 1 heterocycles. The Labute approximate surface area is 138 Å². The van der Waals surface area contributed by atoms with Gasteiger partial charge < -0.3 is 23.9 Å². The third kappa shape index (κ3) is 2.83. The molecule has 3 aromatic rings. The number of hydrogen-bond acceptors (Lipinski definition) is 6. The first-order valence-corrected chi connectivity index (χ1v) is 7.11. The van der Waals surface area contributed by atoms with Crippen LogP contribution in [-0.2, 0) is 0 Å². The van der Waals surface area contributed by atoms with Gasteiger partial charge in [0.15, 0.2) is 23.5 Å². The maximum Gasteiger partial charge on any atom is 0.255 e. The van der Waals surface area contributed by atoms with Gasteiger partial charge in [-0.15, -0.1) is 0 Å². The molecule has 0 atom stereocenters. The summed E-state index contributed by atoms with van der Waals surface area (Å²) in [5, 5.41) is 2.80. The molecule has 0 aliphatic rings. The fraction of sp³-hybridized carbons (Fsp3) is 0.176. The van der Waals surface area contributed by atoms with Crippen LogP contribution in [0.25, 0.3) is 11.1 Å². The van der Waals surface area contributed by atoms with Gasteiger partial charge in [-0.2, -0.15) is 0 Å². The van der Waals surface area contributed by atoms with Crippen molar-refractivity contribution in [3.8, 4) is 17.2 Å². The minimum absolute atomic E-state index is 0.283. The Morgan fingerprint density at radius 1 is 1.04 bits per heavy atom. The average molecular weight is 328 g/mol. The predicted octanol–water partition coefficient (Wildman–Crippen LogP) is 3.11. The molecule has 0 bridgehead atoms. The van der Waals surface area contributed by atoms with Gasteiger partial charge in [-0.3, -0.25) is 4.79 Å². The molecule has 0 saturated heterocycles. The van der Waals surface area contributed by atoms with E-state index >= 15 is 0 Å². The molecular weight excluding hydrogens is 312 g/mol. The second kappa shape index (κ2) is 6.49. The lowest BCUT2D eigenvalue weighted by molar-refractivity contribution is 0.102. The van der Waals surface area contributed by atoms with E-state index in [-0.39, 0.29) is 5.91 Å². The highest BCUT2D eigenvalue weighted by Gasteiger charge is 2.15. The van der Waals surface area contributed by atoms with E-state index in [1.165, 1.54) is 27.7 Å². The van der Waals surface area contributed by atoms with Crippen molar-refractivity contribution in [3.05, 3.63) is 42.3 Å². The number of ether oxygens (including phenoxy) is 3. The van der Waals surface area contributed by atoms with Crippen molar-refractivity contribution in [3.63, 3.8) is 0 Å². The maximum atomic E-state index is 12.5. The number of nitrogens with one attached hydrogen (secondary N) is 1. The smallest absolute Gasteiger partial charge is 0.255 e. The lowest BCUT2D eigenvalue weighted by Crippen LogP contribution is -2.12. The van der Waals surface area contributed by atoms with Crippen LogP contribution in [0, 0.1) is 0 Å². The number of carbonyl (C=O) groups is 1. The second-order valence-corrected chi connectivity index (χ2v) is 4.90. The highest BCUT2D eigenvalue weighted by atomic mass is 16.5. The number of amides is 1. The second-order valence-electron chi connectivity index (χ2n) is 4.90. The van der Waals surface area contributed by atoms with Crippen LogP contribution in [0.15, 0.2) is 41.1 Å². The molecule has 0 unspecified atom stereocenters. The van der Waals surface area contributed by atoms with E-state index in [1.807, 2.05) is 0 Å². The van der Waals surface area contributed by atoms with Crippen LogP contribution >= 0.6 is 0 Å². The number of carbonyl (C=O) groups excluding carboxylic acids is 1. The first kappa shape index (κ1) is 15.7. The van der Waals surface area contributed by atoms with E-state index in [0.29, 0.717) is 39.6 Å². The summed E-state index contributed by atoms with van der Waals surface area (Å²) in [4.78, 5) is 16.5. The van der Waals surface area contributed by atoms with Gasteiger partial charge in [-0.1, -0.05) is 0 Å². The summed E-state index contributed by atoms with van der Waals surface area (Å²) >= 11 is 0. The molecule has 124 valence electrons. The lowest BCUT2D eigenvalue weighted by atomic mass is 10.2. The fourth-order valence-electron chi connectivity index (χ4n) is 2.36. The molecule has 7 heteroatoms. The van der Waals surface area contributed by atoms with Gasteiger partial charge in [0, 0.05) is 23.4 Å². The number of aromatic nitrogens is 1. The third-order valence-electron chi connectivity index (χ3n) is 3.52. The molecule has 3 rings (SSSR count). The Bertz CT molecular complexity index is 863. The van der Waals surface area contributed by atoms with Crippen LogP contribution in [-0.4, -0.2) is 32.2 Å². The van der Waals surface area contributed by atoms with E-state index in [1.54, 1.807) is 30.3 Å². The summed E-state index contributed by atoms with van der Waals surface area (Å²) in [6.07, 6.45) is 1.34. The summed E-state index contributed by atoms with van der Waals surface area (Å²) in [5.41, 5.74) is 2.23. The van der Waals surface area contributed by atoms with E-state index in [0.717, 1.165) is 0 Å². The number of fused-ring (bicyclic) bond motifs is 1. The summed E-state index contributed by atoms with van der Waals surface area (Å²) < 4.78 is 21.0. The van der Waals surface area contributed by atoms with Crippen LogP contribution in [0.5, 0.6) is 17.2 Å². The number of benzene rings is 2. The van der Waals surface area contributed by atoms with Crippen molar-refractivity contribution in [2.45, 2.75) is 0 Å². The van der Waals surface area contributed by atoms with Crippen molar-refractivity contribution in [2.24, 2.45) is 0 Å². The normalized spacial score (nSPS) is 10.5. The molecule has 1 N–H and O–H groups in total. The standard InChI is InChI=1S/C17H16N2O5/c1-21-14-7-11(8-15(22-2)16(14)23-3)19-17(20)10-4-5-13-12(6-10)18-9-24-13/h4-9H,1-3H3,(H,19,20). The van der Waals surface area contributed by atoms with Gasteiger partial charge in [0.1, 0.15) is 5.52 Å². The van der Waals surface area contributed by atoms with Crippen molar-refractivity contribution in [1.82, 2.24) is 4.98 Å². The first-order chi connectivity index (χ1) is 11.7. The van der Waals surface area contributed by atoms with Crippen LogP contribution in [0.4, 0.5) is 5.69 Å². The van der Waals surface area contributed by atoms with E-state index in [4.69, 9.17) is 18.6 Å². The van der Waals surface area contributed by atoms with Gasteiger partial charge in [0.2, 0.25) is 5.75 Å². The highest BCUT2D eigenvalue weighted by molar-refractivity contribution is 6.06. The van der Waals surface area contributed by atoms with Gasteiger partial charge in [-0.05, 0) is 18.2 Å². The quantitative estimate of drug-likeness (QED) is 0.775. The van der Waals surface area contributed by atoms with E-state index in [9.17, 15) is 4.79 Å². The zero-order chi connectivity index (χ0) is 17.1. The minimum Gasteiger partial charge on any atom is -0.493 e. The molecule has 1 amide bonds. The van der Waals surface area contributed by atoms with Crippen molar-refractivity contribution < 1.29 is 23.4 Å². The number of hydrogen-bond donors (Lipinski definition) is 1. The molecule has 0 aliphatic carbocycles.